The van der Waals surface area contributed by atoms with Crippen molar-refractivity contribution in [1.29, 1.82) is 0 Å². The van der Waals surface area contributed by atoms with Gasteiger partial charge in [0.1, 0.15) is 17.3 Å². The van der Waals surface area contributed by atoms with Crippen LogP contribution < -0.4 is 35.8 Å². The minimum atomic E-state index is -0.777. The Morgan fingerprint density at radius 2 is 1.84 bits per heavy atom. The number of anilines is 6. The molecule has 2 amide bonds. The third-order valence-corrected chi connectivity index (χ3v) is 14.3. The molecule has 6 heterocycles. The van der Waals surface area contributed by atoms with Crippen molar-refractivity contribution in [3.05, 3.63) is 107 Å². The zero-order valence-corrected chi connectivity index (χ0v) is 40.3. The Morgan fingerprint density at radius 1 is 1.03 bits per heavy atom. The number of nitrogens with two attached hydrogens (primary N) is 1. The van der Waals surface area contributed by atoms with E-state index in [1.165, 1.54) is 30.5 Å². The molecule has 1 aliphatic carbocycles. The Balaban J connectivity index is 0.918. The Labute approximate surface area is 398 Å². The van der Waals surface area contributed by atoms with Gasteiger partial charge in [0.15, 0.2) is 5.82 Å². The molecule has 2 aromatic carbocycles. The van der Waals surface area contributed by atoms with E-state index >= 15 is 0 Å². The molecular weight excluding hydrogens is 862 g/mol. The summed E-state index contributed by atoms with van der Waals surface area (Å²) in [6.45, 7) is 20.3. The Morgan fingerprint density at radius 3 is 2.56 bits per heavy atom. The molecule has 0 spiro atoms. The minimum Gasteiger partial charge on any atom is -0.478 e. The topological polar surface area (TPSA) is 170 Å². The zero-order chi connectivity index (χ0) is 48.2. The quantitative estimate of drug-likeness (QED) is 0.0917. The van der Waals surface area contributed by atoms with Crippen molar-refractivity contribution in [2.75, 3.05) is 65.2 Å². The number of benzene rings is 2. The standard InChI is InChI=1S/C52H64FN11O4/c1-9-46(66)58-41-24-34(10-13-43(41)62-19-18-60(29-32(62)3)35-15-17-61(31(2)22-35)36-11-12-40(53)39(25-36)52(6,7)54)57-47-49(68-8)56-28-42(59-47)37-14-16-55-48(38(37)30-65)64-21-20-63-44(50(64)67)23-33-26-51(4,5)27-45(33)63/h9-14,16,23-25,28,31-32,35,65H,1,15,17-22,26-27,29-30,54H2,2-8H3,(H,57,59)(H,58,66)/t31-,32+,35?/m1/s1. The summed E-state index contributed by atoms with van der Waals surface area (Å²) in [4.78, 5) is 50.1. The fraction of sp³-hybridized carbons (Fsp3) is 0.442. The van der Waals surface area contributed by atoms with Crippen molar-refractivity contribution >= 4 is 46.2 Å². The number of piperazine rings is 1. The average Bonchev–Trinajstić information content (AvgIpc) is 3.80. The second-order valence-corrected chi connectivity index (χ2v) is 20.3. The van der Waals surface area contributed by atoms with Gasteiger partial charge in [-0.25, -0.2) is 19.3 Å². The molecule has 0 radical (unpaired) electrons. The van der Waals surface area contributed by atoms with Gasteiger partial charge in [-0.15, -0.1) is 0 Å². The maximum atomic E-state index is 14.7. The SMILES string of the molecule is C=CC(=O)Nc1cc(Nc2nc(-c3ccnc(N4CCn5c(cc6c5CC(C)(C)C6)C4=O)c3CO)cnc2OC)ccc1N1CCN(C2CCN(c3ccc(F)c(C(C)(C)N)c3)[C@H](C)C2)C[C@@H]1C. The van der Waals surface area contributed by atoms with Crippen LogP contribution in [0.1, 0.15) is 87.3 Å². The van der Waals surface area contributed by atoms with E-state index in [0.717, 1.165) is 63.2 Å². The number of amides is 2. The van der Waals surface area contributed by atoms with Crippen LogP contribution in [-0.2, 0) is 36.3 Å². The fourth-order valence-electron chi connectivity index (χ4n) is 11.0. The van der Waals surface area contributed by atoms with E-state index in [2.05, 4.69) is 74.1 Å². The molecule has 15 nitrogen and oxygen atoms in total. The lowest BCUT2D eigenvalue weighted by molar-refractivity contribution is -0.111. The minimum absolute atomic E-state index is 0.134. The van der Waals surface area contributed by atoms with E-state index in [4.69, 9.17) is 15.5 Å². The summed E-state index contributed by atoms with van der Waals surface area (Å²) in [6.07, 6.45) is 8.29. The summed E-state index contributed by atoms with van der Waals surface area (Å²) in [5.41, 5.74) is 14.0. The summed E-state index contributed by atoms with van der Waals surface area (Å²) in [5.74, 6) is 0.179. The molecule has 3 aliphatic heterocycles. The van der Waals surface area contributed by atoms with E-state index < -0.39 is 5.54 Å². The summed E-state index contributed by atoms with van der Waals surface area (Å²) in [6, 6.07) is 15.7. The van der Waals surface area contributed by atoms with Gasteiger partial charge in [-0.05, 0) is 119 Å². The van der Waals surface area contributed by atoms with Crippen molar-refractivity contribution in [2.45, 2.75) is 104 Å². The molecule has 0 bridgehead atoms. The number of rotatable bonds is 12. The molecule has 1 unspecified atom stereocenters. The first-order valence-electron chi connectivity index (χ1n) is 23.7. The molecule has 9 rings (SSSR count). The lowest BCUT2D eigenvalue weighted by Gasteiger charge is -2.48. The summed E-state index contributed by atoms with van der Waals surface area (Å²) in [7, 11) is 1.51. The molecular formula is C52H64FN11O4. The number of fused-ring (bicyclic) bond motifs is 3. The number of methoxy groups -OCH3 is 1. The molecule has 2 fully saturated rings. The summed E-state index contributed by atoms with van der Waals surface area (Å²) < 4.78 is 22.5. The zero-order valence-electron chi connectivity index (χ0n) is 40.3. The van der Waals surface area contributed by atoms with E-state index in [-0.39, 0.29) is 47.6 Å². The highest BCUT2D eigenvalue weighted by Gasteiger charge is 2.38. The van der Waals surface area contributed by atoms with Crippen LogP contribution in [0.5, 0.6) is 5.88 Å². The highest BCUT2D eigenvalue weighted by Crippen LogP contribution is 2.41. The van der Waals surface area contributed by atoms with Crippen molar-refractivity contribution < 1.29 is 23.8 Å². The van der Waals surface area contributed by atoms with Crippen molar-refractivity contribution in [3.8, 4) is 17.1 Å². The summed E-state index contributed by atoms with van der Waals surface area (Å²) >= 11 is 0. The fourth-order valence-corrected chi connectivity index (χ4v) is 11.0. The highest BCUT2D eigenvalue weighted by molar-refractivity contribution is 6.06. The first-order chi connectivity index (χ1) is 32.5. The summed E-state index contributed by atoms with van der Waals surface area (Å²) in [5, 5.41) is 17.3. The van der Waals surface area contributed by atoms with Crippen LogP contribution in [-0.4, -0.2) is 99.3 Å². The highest BCUT2D eigenvalue weighted by atomic mass is 19.1. The van der Waals surface area contributed by atoms with Gasteiger partial charge in [0, 0.05) is 103 Å². The number of piperidine rings is 1. The molecule has 4 aliphatic rings. The van der Waals surface area contributed by atoms with Gasteiger partial charge >= 0.3 is 0 Å². The maximum absolute atomic E-state index is 14.7. The smallest absolute Gasteiger partial charge is 0.276 e. The number of aromatic nitrogens is 4. The molecule has 5 N–H and O–H groups in total. The molecule has 3 aromatic heterocycles. The van der Waals surface area contributed by atoms with Gasteiger partial charge in [-0.3, -0.25) is 19.4 Å². The average molecular weight is 926 g/mol. The van der Waals surface area contributed by atoms with Crippen LogP contribution in [0.25, 0.3) is 11.3 Å². The van der Waals surface area contributed by atoms with Gasteiger partial charge in [-0.2, -0.15) is 0 Å². The number of carbonyl (C=O) groups excluding carboxylic acids is 2. The number of aliphatic hydroxyl groups is 1. The van der Waals surface area contributed by atoms with Gasteiger partial charge in [0.05, 0.1) is 37.0 Å². The maximum Gasteiger partial charge on any atom is 0.276 e. The second kappa shape index (κ2) is 18.3. The number of carbonyl (C=O) groups is 2. The van der Waals surface area contributed by atoms with Crippen LogP contribution in [0.15, 0.2) is 73.6 Å². The number of nitrogens with zero attached hydrogens (tertiary/aromatic N) is 8. The van der Waals surface area contributed by atoms with Crippen LogP contribution in [0.3, 0.4) is 0 Å². The molecule has 358 valence electrons. The molecule has 68 heavy (non-hydrogen) atoms. The van der Waals surface area contributed by atoms with Crippen molar-refractivity contribution in [3.63, 3.8) is 0 Å². The van der Waals surface area contributed by atoms with E-state index in [9.17, 15) is 19.1 Å². The van der Waals surface area contributed by atoms with Gasteiger partial charge in [-0.1, -0.05) is 20.4 Å². The van der Waals surface area contributed by atoms with Crippen LogP contribution >= 0.6 is 0 Å². The molecule has 5 aromatic rings. The third kappa shape index (κ3) is 8.92. The number of ether oxygens (including phenoxy) is 1. The first-order valence-corrected chi connectivity index (χ1v) is 23.7. The van der Waals surface area contributed by atoms with Crippen molar-refractivity contribution in [2.24, 2.45) is 11.1 Å². The Hall–Kier alpha value is -6.36. The Bertz CT molecular complexity index is 2770. The predicted octanol–water partition coefficient (Wildman–Crippen LogP) is 7.40. The second-order valence-electron chi connectivity index (χ2n) is 20.3. The Kier molecular flexibility index (Phi) is 12.6. The predicted molar refractivity (Wildman–Crippen MR) is 265 cm³/mol. The van der Waals surface area contributed by atoms with Crippen LogP contribution in [0.2, 0.25) is 0 Å². The normalized spacial score (nSPS) is 20.5. The van der Waals surface area contributed by atoms with Gasteiger partial charge in [0.2, 0.25) is 5.91 Å². The van der Waals surface area contributed by atoms with E-state index in [1.807, 2.05) is 50.2 Å². The van der Waals surface area contributed by atoms with Crippen LogP contribution in [0, 0.1) is 11.2 Å². The number of nitrogens with one attached hydrogen (secondary N) is 2. The number of pyridine rings is 1. The first kappa shape index (κ1) is 46.7. The molecule has 3 atom stereocenters. The lowest BCUT2D eigenvalue weighted by atomic mass is 9.90. The number of hydrogen-bond donors (Lipinski definition) is 4. The van der Waals surface area contributed by atoms with Gasteiger partial charge < -0.3 is 40.6 Å². The number of aliphatic hydroxyl groups excluding tert-OH is 1. The third-order valence-electron chi connectivity index (χ3n) is 14.3. The number of hydrogen-bond acceptors (Lipinski definition) is 12. The number of halogens is 1. The van der Waals surface area contributed by atoms with Crippen molar-refractivity contribution in [1.82, 2.24) is 24.4 Å². The molecule has 0 saturated carbocycles. The van der Waals surface area contributed by atoms with Crippen LogP contribution in [0.4, 0.5) is 38.8 Å². The lowest BCUT2D eigenvalue weighted by Crippen LogP contribution is -2.58. The monoisotopic (exact) mass is 926 g/mol. The molecule has 16 heteroatoms. The largest absolute Gasteiger partial charge is 0.478 e. The van der Waals surface area contributed by atoms with E-state index in [1.54, 1.807) is 23.4 Å². The van der Waals surface area contributed by atoms with Gasteiger partial charge in [0.25, 0.3) is 11.8 Å². The molecule has 2 saturated heterocycles. The van der Waals surface area contributed by atoms with E-state index in [0.29, 0.717) is 70.2 Å².